The van der Waals surface area contributed by atoms with Crippen LogP contribution in [0.2, 0.25) is 0 Å². The predicted octanol–water partition coefficient (Wildman–Crippen LogP) is 3.78. The molecule has 0 bridgehead atoms. The van der Waals surface area contributed by atoms with Crippen molar-refractivity contribution in [3.63, 3.8) is 0 Å². The molecule has 3 rings (SSSR count). The number of rotatable bonds is 4. The number of hydrogen-bond donors (Lipinski definition) is 0. The standard InChI is InChI=1S/C20H18N2O2S/c1-4-11-22-17-10-9-16(24-5-2)13-18(17)25-20(22)21-19(23)15-8-6-7-14(3)12-15/h1,6-10,12-13H,5,11H2,2-3H3. The first kappa shape index (κ1) is 17.0. The molecule has 0 aliphatic carbocycles. The van der Waals surface area contributed by atoms with Gasteiger partial charge in [0.1, 0.15) is 5.75 Å². The third-order valence-electron chi connectivity index (χ3n) is 3.68. The molecular formula is C20H18N2O2S. The number of fused-ring (bicyclic) bond motifs is 1. The molecule has 0 aliphatic heterocycles. The first-order valence-corrected chi connectivity index (χ1v) is 8.79. The van der Waals surface area contributed by atoms with E-state index < -0.39 is 0 Å². The van der Waals surface area contributed by atoms with Crippen LogP contribution in [0.25, 0.3) is 10.2 Å². The van der Waals surface area contributed by atoms with Crippen LogP contribution in [0.5, 0.6) is 5.75 Å². The Bertz CT molecular complexity index is 1040. The molecule has 4 nitrogen and oxygen atoms in total. The Morgan fingerprint density at radius 2 is 2.16 bits per heavy atom. The minimum absolute atomic E-state index is 0.272. The number of amides is 1. The molecule has 0 spiro atoms. The second-order valence-corrected chi connectivity index (χ2v) is 6.53. The van der Waals surface area contributed by atoms with Crippen LogP contribution in [0.15, 0.2) is 47.5 Å². The molecule has 1 aromatic heterocycles. The molecule has 1 heterocycles. The van der Waals surface area contributed by atoms with Crippen LogP contribution in [0.3, 0.4) is 0 Å². The van der Waals surface area contributed by atoms with E-state index in [1.54, 1.807) is 6.07 Å². The maximum Gasteiger partial charge on any atom is 0.279 e. The molecule has 1 amide bonds. The number of carbonyl (C=O) groups excluding carboxylic acids is 1. The van der Waals surface area contributed by atoms with Crippen molar-refractivity contribution in [3.05, 3.63) is 58.4 Å². The van der Waals surface area contributed by atoms with E-state index in [0.29, 0.717) is 23.5 Å². The molecule has 25 heavy (non-hydrogen) atoms. The van der Waals surface area contributed by atoms with Gasteiger partial charge >= 0.3 is 0 Å². The van der Waals surface area contributed by atoms with Crippen molar-refractivity contribution >= 4 is 27.5 Å². The molecule has 0 saturated carbocycles. The van der Waals surface area contributed by atoms with Gasteiger partial charge in [0.25, 0.3) is 5.91 Å². The summed E-state index contributed by atoms with van der Waals surface area (Å²) in [7, 11) is 0. The summed E-state index contributed by atoms with van der Waals surface area (Å²) >= 11 is 1.43. The molecule has 0 aliphatic rings. The van der Waals surface area contributed by atoms with E-state index >= 15 is 0 Å². The molecule has 5 heteroatoms. The molecule has 0 atom stereocenters. The van der Waals surface area contributed by atoms with Crippen LogP contribution >= 0.6 is 11.3 Å². The van der Waals surface area contributed by atoms with Crippen molar-refractivity contribution < 1.29 is 9.53 Å². The molecule has 0 saturated heterocycles. The van der Waals surface area contributed by atoms with E-state index in [1.165, 1.54) is 11.3 Å². The fraction of sp³-hybridized carbons (Fsp3) is 0.200. The Morgan fingerprint density at radius 1 is 1.32 bits per heavy atom. The number of hydrogen-bond acceptors (Lipinski definition) is 3. The van der Waals surface area contributed by atoms with Gasteiger partial charge in [0.05, 0.1) is 23.4 Å². The molecule has 0 N–H and O–H groups in total. The third kappa shape index (κ3) is 3.65. The molecule has 2 aromatic carbocycles. The zero-order valence-corrected chi connectivity index (χ0v) is 15.0. The Kier molecular flexibility index (Phi) is 5.01. The minimum Gasteiger partial charge on any atom is -0.494 e. The van der Waals surface area contributed by atoms with Crippen LogP contribution in [-0.4, -0.2) is 17.1 Å². The number of aryl methyl sites for hydroxylation is 1. The highest BCUT2D eigenvalue weighted by Gasteiger charge is 2.10. The number of carbonyl (C=O) groups is 1. The van der Waals surface area contributed by atoms with Gasteiger partial charge in [0.2, 0.25) is 0 Å². The topological polar surface area (TPSA) is 43.6 Å². The second kappa shape index (κ2) is 7.37. The number of thiazole rings is 1. The maximum absolute atomic E-state index is 12.5. The maximum atomic E-state index is 12.5. The molecular weight excluding hydrogens is 332 g/mol. The fourth-order valence-corrected chi connectivity index (χ4v) is 3.63. The lowest BCUT2D eigenvalue weighted by Gasteiger charge is -2.03. The first-order chi connectivity index (χ1) is 12.1. The summed E-state index contributed by atoms with van der Waals surface area (Å²) in [6.45, 7) is 4.85. The lowest BCUT2D eigenvalue weighted by molar-refractivity contribution is 0.0998. The fourth-order valence-electron chi connectivity index (χ4n) is 2.57. The van der Waals surface area contributed by atoms with E-state index in [4.69, 9.17) is 11.2 Å². The summed E-state index contributed by atoms with van der Waals surface area (Å²) < 4.78 is 8.41. The quantitative estimate of drug-likeness (QED) is 0.672. The van der Waals surface area contributed by atoms with Gasteiger partial charge in [-0.2, -0.15) is 4.99 Å². The molecule has 126 valence electrons. The van der Waals surface area contributed by atoms with Crippen LogP contribution in [0.4, 0.5) is 0 Å². The monoisotopic (exact) mass is 350 g/mol. The van der Waals surface area contributed by atoms with E-state index in [9.17, 15) is 4.79 Å². The van der Waals surface area contributed by atoms with Gasteiger partial charge in [-0.25, -0.2) is 0 Å². The Labute approximate surface area is 150 Å². The van der Waals surface area contributed by atoms with Crippen LogP contribution in [0.1, 0.15) is 22.8 Å². The van der Waals surface area contributed by atoms with E-state index in [-0.39, 0.29) is 5.91 Å². The minimum atomic E-state index is -0.272. The number of nitrogens with zero attached hydrogens (tertiary/aromatic N) is 2. The molecule has 0 fully saturated rings. The summed E-state index contributed by atoms with van der Waals surface area (Å²) in [5.41, 5.74) is 2.54. The van der Waals surface area contributed by atoms with Crippen molar-refractivity contribution in [2.45, 2.75) is 20.4 Å². The Hall–Kier alpha value is -2.84. The van der Waals surface area contributed by atoms with Crippen molar-refractivity contribution in [1.82, 2.24) is 4.57 Å². The second-order valence-electron chi connectivity index (χ2n) is 5.52. The number of aromatic nitrogens is 1. The van der Waals surface area contributed by atoms with Crippen LogP contribution in [-0.2, 0) is 6.54 Å². The number of terminal acetylenes is 1. The van der Waals surface area contributed by atoms with Crippen molar-refractivity contribution in [3.8, 4) is 18.1 Å². The highest BCUT2D eigenvalue weighted by atomic mass is 32.1. The van der Waals surface area contributed by atoms with Gasteiger partial charge in [-0.15, -0.1) is 6.42 Å². The number of ether oxygens (including phenoxy) is 1. The predicted molar refractivity (Wildman–Crippen MR) is 101 cm³/mol. The highest BCUT2D eigenvalue weighted by Crippen LogP contribution is 2.23. The average molecular weight is 350 g/mol. The van der Waals surface area contributed by atoms with Crippen molar-refractivity contribution in [2.24, 2.45) is 4.99 Å². The average Bonchev–Trinajstić information content (AvgIpc) is 2.92. The van der Waals surface area contributed by atoms with Gasteiger partial charge < -0.3 is 9.30 Å². The zero-order valence-electron chi connectivity index (χ0n) is 14.2. The van der Waals surface area contributed by atoms with Gasteiger partial charge in [-0.05, 0) is 44.2 Å². The smallest absolute Gasteiger partial charge is 0.279 e. The van der Waals surface area contributed by atoms with Crippen molar-refractivity contribution in [2.75, 3.05) is 6.61 Å². The van der Waals surface area contributed by atoms with E-state index in [1.807, 2.05) is 54.8 Å². The van der Waals surface area contributed by atoms with Crippen LogP contribution in [0, 0.1) is 19.3 Å². The molecule has 3 aromatic rings. The summed E-state index contributed by atoms with van der Waals surface area (Å²) in [6, 6.07) is 13.2. The normalized spacial score (nSPS) is 11.5. The third-order valence-corrected chi connectivity index (χ3v) is 4.72. The summed E-state index contributed by atoms with van der Waals surface area (Å²) in [4.78, 5) is 17.4. The largest absolute Gasteiger partial charge is 0.494 e. The van der Waals surface area contributed by atoms with Gasteiger partial charge in [0.15, 0.2) is 4.80 Å². The van der Waals surface area contributed by atoms with Crippen molar-refractivity contribution in [1.29, 1.82) is 0 Å². The van der Waals surface area contributed by atoms with Crippen LogP contribution < -0.4 is 9.54 Å². The Morgan fingerprint density at radius 3 is 2.88 bits per heavy atom. The summed E-state index contributed by atoms with van der Waals surface area (Å²) in [5.74, 6) is 3.15. The van der Waals surface area contributed by atoms with E-state index in [0.717, 1.165) is 21.5 Å². The first-order valence-electron chi connectivity index (χ1n) is 7.97. The molecule has 0 unspecified atom stereocenters. The SMILES string of the molecule is C#CCn1c(=NC(=O)c2cccc(C)c2)sc2cc(OCC)ccc21. The lowest BCUT2D eigenvalue weighted by Crippen LogP contribution is -2.16. The van der Waals surface area contributed by atoms with E-state index in [2.05, 4.69) is 10.9 Å². The van der Waals surface area contributed by atoms with Gasteiger partial charge in [-0.3, -0.25) is 4.79 Å². The summed E-state index contributed by atoms with van der Waals surface area (Å²) in [6.07, 6.45) is 5.50. The Balaban J connectivity index is 2.12. The number of benzene rings is 2. The lowest BCUT2D eigenvalue weighted by atomic mass is 10.1. The zero-order chi connectivity index (χ0) is 17.8. The van der Waals surface area contributed by atoms with Gasteiger partial charge in [0, 0.05) is 5.56 Å². The van der Waals surface area contributed by atoms with Gasteiger partial charge in [-0.1, -0.05) is 35.0 Å². The highest BCUT2D eigenvalue weighted by molar-refractivity contribution is 7.16. The molecule has 0 radical (unpaired) electrons. The summed E-state index contributed by atoms with van der Waals surface area (Å²) in [5, 5.41) is 0.